The first-order valence-corrected chi connectivity index (χ1v) is 10.2. The summed E-state index contributed by atoms with van der Waals surface area (Å²) in [5, 5.41) is 7.02. The standard InChI is InChI=1S/C22H27N3O3/c1-14-20(15(2)28-24-14)21(26)23-10-17-18-12-25(11-16-6-4-3-5-7-16)13-22(18)9-8-19(17)27-22/h3-7,17-19H,8-13H2,1-2H3,(H,23,26)/t17-,18+,19+,22+/m0/s1. The van der Waals surface area contributed by atoms with Crippen molar-refractivity contribution in [1.29, 1.82) is 0 Å². The van der Waals surface area contributed by atoms with Crippen molar-refractivity contribution in [3.8, 4) is 0 Å². The Morgan fingerprint density at radius 1 is 1.32 bits per heavy atom. The number of nitrogens with zero attached hydrogens (tertiary/aromatic N) is 2. The molecule has 1 N–H and O–H groups in total. The number of likely N-dealkylation sites (tertiary alicyclic amines) is 1. The van der Waals surface area contributed by atoms with Crippen molar-refractivity contribution in [1.82, 2.24) is 15.4 Å². The van der Waals surface area contributed by atoms with E-state index in [0.717, 1.165) is 32.5 Å². The molecule has 0 saturated carbocycles. The van der Waals surface area contributed by atoms with E-state index in [4.69, 9.17) is 9.26 Å². The molecule has 3 aliphatic rings. The molecule has 1 aromatic carbocycles. The minimum absolute atomic E-state index is 0.0160. The molecule has 4 heterocycles. The third-order valence-corrected chi connectivity index (χ3v) is 6.86. The van der Waals surface area contributed by atoms with Gasteiger partial charge in [0.2, 0.25) is 0 Å². The first-order chi connectivity index (χ1) is 13.6. The van der Waals surface area contributed by atoms with Crippen LogP contribution in [0.2, 0.25) is 0 Å². The third kappa shape index (κ3) is 2.86. The van der Waals surface area contributed by atoms with Gasteiger partial charge in [0.25, 0.3) is 5.91 Å². The lowest BCUT2D eigenvalue weighted by molar-refractivity contribution is 0.00212. The summed E-state index contributed by atoms with van der Waals surface area (Å²) in [5.74, 6) is 1.34. The second-order valence-corrected chi connectivity index (χ2v) is 8.59. The van der Waals surface area contributed by atoms with Crippen LogP contribution in [0.5, 0.6) is 0 Å². The molecule has 1 aromatic heterocycles. The summed E-state index contributed by atoms with van der Waals surface area (Å²) in [6.07, 6.45) is 2.51. The Morgan fingerprint density at radius 3 is 2.89 bits per heavy atom. The maximum atomic E-state index is 12.6. The van der Waals surface area contributed by atoms with Crippen LogP contribution in [0.1, 0.15) is 40.2 Å². The summed E-state index contributed by atoms with van der Waals surface area (Å²) < 4.78 is 11.6. The van der Waals surface area contributed by atoms with Crippen molar-refractivity contribution in [3.63, 3.8) is 0 Å². The molecule has 6 nitrogen and oxygen atoms in total. The normalized spacial score (nSPS) is 31.3. The molecule has 28 heavy (non-hydrogen) atoms. The number of hydrogen-bond donors (Lipinski definition) is 1. The number of carbonyl (C=O) groups is 1. The Hall–Kier alpha value is -2.18. The van der Waals surface area contributed by atoms with Crippen molar-refractivity contribution in [2.45, 2.75) is 44.9 Å². The number of hydrogen-bond acceptors (Lipinski definition) is 5. The fourth-order valence-electron chi connectivity index (χ4n) is 5.63. The SMILES string of the molecule is Cc1noc(C)c1C(=O)NC[C@H]1[C@H]2CN(Cc3ccccc3)C[C@]23CC[C@H]1O3. The van der Waals surface area contributed by atoms with Gasteiger partial charge in [-0.2, -0.15) is 0 Å². The molecule has 3 fully saturated rings. The Labute approximate surface area is 165 Å². The van der Waals surface area contributed by atoms with Crippen LogP contribution >= 0.6 is 0 Å². The molecule has 5 rings (SSSR count). The molecule has 148 valence electrons. The first kappa shape index (κ1) is 17.9. The number of nitrogens with one attached hydrogen (secondary N) is 1. The highest BCUT2D eigenvalue weighted by Crippen LogP contribution is 2.54. The van der Waals surface area contributed by atoms with Gasteiger partial charge in [-0.1, -0.05) is 35.5 Å². The zero-order valence-corrected chi connectivity index (χ0v) is 16.5. The van der Waals surface area contributed by atoms with Crippen LogP contribution in [-0.2, 0) is 11.3 Å². The van der Waals surface area contributed by atoms with Gasteiger partial charge in [0.15, 0.2) is 0 Å². The minimum atomic E-state index is -0.0905. The highest BCUT2D eigenvalue weighted by Gasteiger charge is 2.62. The van der Waals surface area contributed by atoms with E-state index in [2.05, 4.69) is 45.7 Å². The number of ether oxygens (including phenoxy) is 1. The number of aromatic nitrogens is 1. The Morgan fingerprint density at radius 2 is 2.14 bits per heavy atom. The number of aryl methyl sites for hydroxylation is 2. The quantitative estimate of drug-likeness (QED) is 0.863. The number of benzene rings is 1. The van der Waals surface area contributed by atoms with E-state index in [0.29, 0.717) is 35.4 Å². The van der Waals surface area contributed by atoms with Crippen LogP contribution < -0.4 is 5.32 Å². The van der Waals surface area contributed by atoms with Gasteiger partial charge in [-0.3, -0.25) is 9.69 Å². The van der Waals surface area contributed by atoms with E-state index < -0.39 is 0 Å². The number of fused-ring (bicyclic) bond motifs is 1. The van der Waals surface area contributed by atoms with Crippen molar-refractivity contribution < 1.29 is 14.1 Å². The predicted molar refractivity (Wildman–Crippen MR) is 104 cm³/mol. The maximum Gasteiger partial charge on any atom is 0.256 e. The van der Waals surface area contributed by atoms with Crippen LogP contribution in [-0.4, -0.2) is 47.3 Å². The monoisotopic (exact) mass is 381 g/mol. The third-order valence-electron chi connectivity index (χ3n) is 6.86. The molecule has 0 radical (unpaired) electrons. The smallest absolute Gasteiger partial charge is 0.256 e. The second kappa shape index (κ2) is 6.71. The number of rotatable bonds is 5. The van der Waals surface area contributed by atoms with E-state index in [1.807, 2.05) is 0 Å². The summed E-state index contributed by atoms with van der Waals surface area (Å²) in [6, 6.07) is 10.6. The van der Waals surface area contributed by atoms with Crippen LogP contribution in [0.3, 0.4) is 0 Å². The van der Waals surface area contributed by atoms with Crippen LogP contribution in [0.4, 0.5) is 0 Å². The van der Waals surface area contributed by atoms with Gasteiger partial charge >= 0.3 is 0 Å². The van der Waals surface area contributed by atoms with Gasteiger partial charge in [-0.15, -0.1) is 0 Å². The average molecular weight is 381 g/mol. The number of amides is 1. The molecule has 3 aliphatic heterocycles. The van der Waals surface area contributed by atoms with Gasteiger partial charge in [-0.25, -0.2) is 0 Å². The lowest BCUT2D eigenvalue weighted by Crippen LogP contribution is -2.42. The average Bonchev–Trinajstić information content (AvgIpc) is 3.40. The van der Waals surface area contributed by atoms with Crippen molar-refractivity contribution in [2.75, 3.05) is 19.6 Å². The van der Waals surface area contributed by atoms with Crippen LogP contribution in [0.25, 0.3) is 0 Å². The molecule has 1 amide bonds. The number of carbonyl (C=O) groups excluding carboxylic acids is 1. The second-order valence-electron chi connectivity index (χ2n) is 8.59. The lowest BCUT2D eigenvalue weighted by atomic mass is 9.73. The van der Waals surface area contributed by atoms with Crippen LogP contribution in [0, 0.1) is 25.7 Å². The molecule has 0 aliphatic carbocycles. The zero-order chi connectivity index (χ0) is 19.3. The fraction of sp³-hybridized carbons (Fsp3) is 0.545. The fourth-order valence-corrected chi connectivity index (χ4v) is 5.63. The van der Waals surface area contributed by atoms with Crippen molar-refractivity contribution in [3.05, 3.63) is 52.9 Å². The summed E-state index contributed by atoms with van der Waals surface area (Å²) in [6.45, 7) is 7.24. The lowest BCUT2D eigenvalue weighted by Gasteiger charge is -2.29. The summed E-state index contributed by atoms with van der Waals surface area (Å²) >= 11 is 0. The Balaban J connectivity index is 1.26. The molecule has 4 atom stereocenters. The van der Waals surface area contributed by atoms with E-state index in [-0.39, 0.29) is 17.6 Å². The molecular formula is C22H27N3O3. The summed E-state index contributed by atoms with van der Waals surface area (Å²) in [4.78, 5) is 15.2. The minimum Gasteiger partial charge on any atom is -0.370 e. The highest BCUT2D eigenvalue weighted by atomic mass is 16.5. The van der Waals surface area contributed by atoms with E-state index in [9.17, 15) is 4.79 Å². The van der Waals surface area contributed by atoms with Crippen LogP contribution in [0.15, 0.2) is 34.9 Å². The largest absolute Gasteiger partial charge is 0.370 e. The van der Waals surface area contributed by atoms with E-state index in [1.165, 1.54) is 5.56 Å². The molecule has 2 bridgehead atoms. The van der Waals surface area contributed by atoms with E-state index >= 15 is 0 Å². The first-order valence-electron chi connectivity index (χ1n) is 10.2. The van der Waals surface area contributed by atoms with Gasteiger partial charge in [0, 0.05) is 38.0 Å². The van der Waals surface area contributed by atoms with Crippen molar-refractivity contribution >= 4 is 5.91 Å². The maximum absolute atomic E-state index is 12.6. The van der Waals surface area contributed by atoms with Gasteiger partial charge in [0.05, 0.1) is 17.4 Å². The molecule has 2 aromatic rings. The predicted octanol–water partition coefficient (Wildman–Crippen LogP) is 2.70. The van der Waals surface area contributed by atoms with E-state index in [1.54, 1.807) is 13.8 Å². The van der Waals surface area contributed by atoms with Gasteiger partial charge in [0.1, 0.15) is 11.3 Å². The molecule has 3 saturated heterocycles. The molecular weight excluding hydrogens is 354 g/mol. The molecule has 1 spiro atoms. The molecule has 0 unspecified atom stereocenters. The van der Waals surface area contributed by atoms with Gasteiger partial charge in [-0.05, 0) is 32.3 Å². The zero-order valence-electron chi connectivity index (χ0n) is 16.5. The molecule has 6 heteroatoms. The van der Waals surface area contributed by atoms with Crippen molar-refractivity contribution in [2.24, 2.45) is 11.8 Å². The topological polar surface area (TPSA) is 67.6 Å². The Bertz CT molecular complexity index is 861. The Kier molecular flexibility index (Phi) is 4.29. The van der Waals surface area contributed by atoms with Gasteiger partial charge < -0.3 is 14.6 Å². The highest BCUT2D eigenvalue weighted by molar-refractivity contribution is 5.96. The summed E-state index contributed by atoms with van der Waals surface area (Å²) in [5.41, 5.74) is 2.54. The summed E-state index contributed by atoms with van der Waals surface area (Å²) in [7, 11) is 0.